The average molecular weight is 396 g/mol. The number of aromatic amines is 1. The molecule has 1 aliphatic rings. The molecule has 1 aliphatic carbocycles. The molecule has 8 nitrogen and oxygen atoms in total. The van der Waals surface area contributed by atoms with Crippen molar-refractivity contribution < 1.29 is 18.4 Å². The first-order valence-corrected chi connectivity index (χ1v) is 9.67. The van der Waals surface area contributed by atoms with E-state index in [0.29, 0.717) is 40.9 Å². The minimum atomic E-state index is -0.229. The number of carbonyl (C=O) groups is 2. The molecule has 2 amide bonds. The Balaban J connectivity index is 1.22. The highest BCUT2D eigenvalue weighted by atomic mass is 16.3. The summed E-state index contributed by atoms with van der Waals surface area (Å²) in [5.41, 5.74) is 1.57. The molecule has 152 valence electrons. The summed E-state index contributed by atoms with van der Waals surface area (Å²) in [5.74, 6) is 2.80. The molecular formula is C21H24N4O4. The lowest BCUT2D eigenvalue weighted by Gasteiger charge is -2.35. The zero-order valence-electron chi connectivity index (χ0n) is 16.7. The molecule has 29 heavy (non-hydrogen) atoms. The predicted octanol–water partition coefficient (Wildman–Crippen LogP) is 3.13. The minimum absolute atomic E-state index is 0.107. The van der Waals surface area contributed by atoms with Crippen molar-refractivity contribution >= 4 is 11.8 Å². The standard InChI is InChI=1S/C21H24N4O4/c1-11-4-5-19(29-11)17-9-18(25-24-17)21(27)22-10-14-7-15(8-14)23-20(26)16-6-12(2)28-13(16)3/h4-6,9,14-15H,7-8,10H2,1-3H3,(H,22,27)(H,23,26)(H,24,25). The molecule has 1 fully saturated rings. The number of H-pyrrole nitrogens is 1. The summed E-state index contributed by atoms with van der Waals surface area (Å²) in [6.07, 6.45) is 1.67. The zero-order valence-corrected chi connectivity index (χ0v) is 16.7. The summed E-state index contributed by atoms with van der Waals surface area (Å²) in [7, 11) is 0. The van der Waals surface area contributed by atoms with Crippen LogP contribution in [0.4, 0.5) is 0 Å². The molecule has 3 N–H and O–H groups in total. The van der Waals surface area contributed by atoms with Gasteiger partial charge in [-0.2, -0.15) is 5.10 Å². The van der Waals surface area contributed by atoms with Crippen molar-refractivity contribution in [3.8, 4) is 11.5 Å². The molecule has 0 unspecified atom stereocenters. The second-order valence-corrected chi connectivity index (χ2v) is 7.62. The van der Waals surface area contributed by atoms with E-state index >= 15 is 0 Å². The van der Waals surface area contributed by atoms with Crippen LogP contribution in [0.25, 0.3) is 11.5 Å². The van der Waals surface area contributed by atoms with Crippen LogP contribution in [-0.2, 0) is 0 Å². The highest BCUT2D eigenvalue weighted by Crippen LogP contribution is 2.27. The normalized spacial score (nSPS) is 18.3. The highest BCUT2D eigenvalue weighted by Gasteiger charge is 2.31. The highest BCUT2D eigenvalue weighted by molar-refractivity contribution is 5.95. The summed E-state index contributed by atoms with van der Waals surface area (Å²) in [4.78, 5) is 24.6. The third-order valence-corrected chi connectivity index (χ3v) is 5.22. The van der Waals surface area contributed by atoms with E-state index in [1.54, 1.807) is 19.1 Å². The van der Waals surface area contributed by atoms with Crippen LogP contribution in [0.1, 0.15) is 51.0 Å². The van der Waals surface area contributed by atoms with Crippen molar-refractivity contribution in [3.63, 3.8) is 0 Å². The van der Waals surface area contributed by atoms with Crippen molar-refractivity contribution in [2.45, 2.75) is 39.7 Å². The lowest BCUT2D eigenvalue weighted by molar-refractivity contribution is 0.0860. The molecule has 8 heteroatoms. The number of nitrogens with zero attached hydrogens (tertiary/aromatic N) is 1. The number of nitrogens with one attached hydrogen (secondary N) is 3. The van der Waals surface area contributed by atoms with Gasteiger partial charge in [-0.1, -0.05) is 0 Å². The molecule has 3 aromatic heterocycles. The van der Waals surface area contributed by atoms with Crippen molar-refractivity contribution in [2.24, 2.45) is 5.92 Å². The largest absolute Gasteiger partial charge is 0.466 e. The molecule has 3 aromatic rings. The van der Waals surface area contributed by atoms with E-state index in [2.05, 4.69) is 20.8 Å². The van der Waals surface area contributed by atoms with Gasteiger partial charge in [-0.15, -0.1) is 0 Å². The van der Waals surface area contributed by atoms with Crippen molar-refractivity contribution in [2.75, 3.05) is 6.54 Å². The molecule has 0 radical (unpaired) electrons. The van der Waals surface area contributed by atoms with Gasteiger partial charge in [-0.05, 0) is 57.7 Å². The Kier molecular flexibility index (Phi) is 5.00. The van der Waals surface area contributed by atoms with Gasteiger partial charge in [0.05, 0.1) is 5.56 Å². The van der Waals surface area contributed by atoms with Gasteiger partial charge in [0.15, 0.2) is 11.5 Å². The van der Waals surface area contributed by atoms with Crippen LogP contribution in [0.3, 0.4) is 0 Å². The Morgan fingerprint density at radius 1 is 1.10 bits per heavy atom. The first-order chi connectivity index (χ1) is 13.9. The summed E-state index contributed by atoms with van der Waals surface area (Å²) in [5, 5.41) is 12.8. The molecule has 0 aromatic carbocycles. The third-order valence-electron chi connectivity index (χ3n) is 5.22. The number of hydrogen-bond acceptors (Lipinski definition) is 5. The number of furan rings is 2. The molecule has 3 heterocycles. The predicted molar refractivity (Wildman–Crippen MR) is 106 cm³/mol. The van der Waals surface area contributed by atoms with E-state index in [4.69, 9.17) is 8.83 Å². The maximum Gasteiger partial charge on any atom is 0.271 e. The van der Waals surface area contributed by atoms with Gasteiger partial charge in [-0.25, -0.2) is 0 Å². The van der Waals surface area contributed by atoms with E-state index in [0.717, 1.165) is 24.4 Å². The Bertz CT molecular complexity index is 1040. The van der Waals surface area contributed by atoms with E-state index < -0.39 is 0 Å². The quantitative estimate of drug-likeness (QED) is 0.592. The zero-order chi connectivity index (χ0) is 20.5. The second-order valence-electron chi connectivity index (χ2n) is 7.62. The molecule has 0 atom stereocenters. The van der Waals surface area contributed by atoms with Gasteiger partial charge in [-0.3, -0.25) is 14.7 Å². The van der Waals surface area contributed by atoms with Crippen molar-refractivity contribution in [1.29, 1.82) is 0 Å². The molecule has 0 saturated heterocycles. The van der Waals surface area contributed by atoms with Crippen LogP contribution >= 0.6 is 0 Å². The summed E-state index contributed by atoms with van der Waals surface area (Å²) < 4.78 is 10.9. The topological polar surface area (TPSA) is 113 Å². The Morgan fingerprint density at radius 2 is 1.90 bits per heavy atom. The fraction of sp³-hybridized carbons (Fsp3) is 0.381. The van der Waals surface area contributed by atoms with Gasteiger partial charge < -0.3 is 19.5 Å². The summed E-state index contributed by atoms with van der Waals surface area (Å²) >= 11 is 0. The van der Waals surface area contributed by atoms with Crippen LogP contribution in [0.5, 0.6) is 0 Å². The lowest BCUT2D eigenvalue weighted by atomic mass is 9.80. The van der Waals surface area contributed by atoms with Crippen LogP contribution in [-0.4, -0.2) is 34.6 Å². The monoisotopic (exact) mass is 396 g/mol. The fourth-order valence-electron chi connectivity index (χ4n) is 3.61. The van der Waals surface area contributed by atoms with Crippen LogP contribution < -0.4 is 10.6 Å². The van der Waals surface area contributed by atoms with E-state index in [9.17, 15) is 9.59 Å². The SMILES string of the molecule is Cc1ccc(-c2cc(C(=O)NCC3CC(NC(=O)c4cc(C)oc4C)C3)n[nH]2)o1. The molecule has 0 aliphatic heterocycles. The van der Waals surface area contributed by atoms with Crippen LogP contribution in [0, 0.1) is 26.7 Å². The Labute approximate surface area is 168 Å². The van der Waals surface area contributed by atoms with Crippen molar-refractivity contribution in [3.05, 3.63) is 52.8 Å². The fourth-order valence-corrected chi connectivity index (χ4v) is 3.61. The van der Waals surface area contributed by atoms with Gasteiger partial charge in [0, 0.05) is 18.7 Å². The molecule has 0 spiro atoms. The summed E-state index contributed by atoms with van der Waals surface area (Å²) in [6.45, 7) is 6.02. The first-order valence-electron chi connectivity index (χ1n) is 9.67. The molecular weight excluding hydrogens is 372 g/mol. The maximum atomic E-state index is 12.3. The van der Waals surface area contributed by atoms with E-state index in [-0.39, 0.29) is 17.9 Å². The molecule has 1 saturated carbocycles. The molecule has 0 bridgehead atoms. The van der Waals surface area contributed by atoms with E-state index in [1.165, 1.54) is 0 Å². The number of aryl methyl sites for hydroxylation is 3. The third kappa shape index (κ3) is 4.11. The van der Waals surface area contributed by atoms with Crippen molar-refractivity contribution in [1.82, 2.24) is 20.8 Å². The number of aromatic nitrogens is 2. The lowest BCUT2D eigenvalue weighted by Crippen LogP contribution is -2.47. The Hall–Kier alpha value is -3.29. The molecule has 4 rings (SSSR count). The van der Waals surface area contributed by atoms with Crippen LogP contribution in [0.15, 0.2) is 33.1 Å². The number of amides is 2. The van der Waals surface area contributed by atoms with Gasteiger partial charge in [0.1, 0.15) is 23.0 Å². The second kappa shape index (κ2) is 7.62. The average Bonchev–Trinajstić information content (AvgIpc) is 3.36. The van der Waals surface area contributed by atoms with Gasteiger partial charge >= 0.3 is 0 Å². The summed E-state index contributed by atoms with van der Waals surface area (Å²) in [6, 6.07) is 7.24. The van der Waals surface area contributed by atoms with E-state index in [1.807, 2.05) is 26.0 Å². The Morgan fingerprint density at radius 3 is 2.55 bits per heavy atom. The van der Waals surface area contributed by atoms with Gasteiger partial charge in [0.25, 0.3) is 11.8 Å². The number of hydrogen-bond donors (Lipinski definition) is 3. The first kappa shape index (κ1) is 19.0. The van der Waals surface area contributed by atoms with Crippen LogP contribution in [0.2, 0.25) is 0 Å². The number of carbonyl (C=O) groups excluding carboxylic acids is 2. The smallest absolute Gasteiger partial charge is 0.271 e. The van der Waals surface area contributed by atoms with Gasteiger partial charge in [0.2, 0.25) is 0 Å². The minimum Gasteiger partial charge on any atom is -0.466 e. The maximum absolute atomic E-state index is 12.3. The number of rotatable bonds is 6.